The quantitative estimate of drug-likeness (QED) is 0.773. The van der Waals surface area contributed by atoms with E-state index in [4.69, 9.17) is 0 Å². The fourth-order valence-electron chi connectivity index (χ4n) is 1.68. The molecule has 1 N–H and O–H groups in total. The molecule has 0 radical (unpaired) electrons. The standard InChI is InChI=1S/C12H13NO/c1-13-8-11-10-5-3-2-4-9(10)6-7-12(11)14/h2-7,13-14H,8H2,1H3/p-1. The van der Waals surface area contributed by atoms with Gasteiger partial charge in [-0.1, -0.05) is 36.4 Å². The Bertz CT molecular complexity index is 451. The molecule has 0 aromatic heterocycles. The van der Waals surface area contributed by atoms with Gasteiger partial charge in [0, 0.05) is 6.54 Å². The highest BCUT2D eigenvalue weighted by atomic mass is 16.3. The van der Waals surface area contributed by atoms with Crippen LogP contribution < -0.4 is 10.4 Å². The lowest BCUT2D eigenvalue weighted by Crippen LogP contribution is -2.08. The summed E-state index contributed by atoms with van der Waals surface area (Å²) < 4.78 is 0. The van der Waals surface area contributed by atoms with E-state index in [1.54, 1.807) is 6.07 Å². The summed E-state index contributed by atoms with van der Waals surface area (Å²) in [5, 5.41) is 16.8. The van der Waals surface area contributed by atoms with Crippen LogP contribution in [0.25, 0.3) is 10.8 Å². The van der Waals surface area contributed by atoms with Crippen molar-refractivity contribution < 1.29 is 5.11 Å². The maximum Gasteiger partial charge on any atom is 0.0202 e. The van der Waals surface area contributed by atoms with E-state index in [0.717, 1.165) is 16.3 Å². The Hall–Kier alpha value is -1.54. The molecule has 2 rings (SSSR count). The molecule has 0 atom stereocenters. The molecule has 0 saturated carbocycles. The highest BCUT2D eigenvalue weighted by Crippen LogP contribution is 2.24. The van der Waals surface area contributed by atoms with Gasteiger partial charge in [-0.3, -0.25) is 0 Å². The predicted molar refractivity (Wildman–Crippen MR) is 56.2 cm³/mol. The van der Waals surface area contributed by atoms with Crippen LogP contribution in [0, 0.1) is 0 Å². The monoisotopic (exact) mass is 186 g/mol. The zero-order chi connectivity index (χ0) is 9.97. The van der Waals surface area contributed by atoms with E-state index in [1.165, 1.54) is 0 Å². The van der Waals surface area contributed by atoms with Gasteiger partial charge in [0.2, 0.25) is 0 Å². The van der Waals surface area contributed by atoms with E-state index >= 15 is 0 Å². The Morgan fingerprint density at radius 2 is 1.93 bits per heavy atom. The maximum absolute atomic E-state index is 11.6. The Balaban J connectivity index is 2.69. The van der Waals surface area contributed by atoms with Crippen molar-refractivity contribution >= 4 is 10.8 Å². The van der Waals surface area contributed by atoms with Gasteiger partial charge in [-0.25, -0.2) is 0 Å². The molecule has 0 heterocycles. The van der Waals surface area contributed by atoms with Crippen LogP contribution in [-0.2, 0) is 6.54 Å². The molecule has 72 valence electrons. The zero-order valence-electron chi connectivity index (χ0n) is 8.08. The molecule has 0 saturated heterocycles. The Morgan fingerprint density at radius 1 is 1.14 bits per heavy atom. The van der Waals surface area contributed by atoms with E-state index in [0.29, 0.717) is 6.54 Å². The van der Waals surface area contributed by atoms with Crippen molar-refractivity contribution in [3.05, 3.63) is 42.0 Å². The lowest BCUT2D eigenvalue weighted by Gasteiger charge is -2.15. The first-order valence-corrected chi connectivity index (χ1v) is 4.65. The fraction of sp³-hybridized carbons (Fsp3) is 0.167. The van der Waals surface area contributed by atoms with Gasteiger partial charge in [0.1, 0.15) is 0 Å². The summed E-state index contributed by atoms with van der Waals surface area (Å²) in [6.45, 7) is 0.625. The molecule has 2 aromatic rings. The molecule has 2 heteroatoms. The average Bonchev–Trinajstić information content (AvgIpc) is 2.23. The second-order valence-electron chi connectivity index (χ2n) is 3.29. The van der Waals surface area contributed by atoms with Gasteiger partial charge in [0.05, 0.1) is 0 Å². The molecule has 0 spiro atoms. The molecule has 0 aliphatic rings. The van der Waals surface area contributed by atoms with Gasteiger partial charge in [-0.15, -0.1) is 5.75 Å². The molecule has 0 aliphatic carbocycles. The summed E-state index contributed by atoms with van der Waals surface area (Å²) in [5.74, 6) is 0.109. The van der Waals surface area contributed by atoms with Crippen LogP contribution in [0.15, 0.2) is 36.4 Å². The molecule has 2 aromatic carbocycles. The lowest BCUT2D eigenvalue weighted by atomic mass is 10.0. The zero-order valence-corrected chi connectivity index (χ0v) is 8.08. The highest BCUT2D eigenvalue weighted by molar-refractivity contribution is 5.87. The number of rotatable bonds is 2. The first-order valence-electron chi connectivity index (χ1n) is 4.65. The van der Waals surface area contributed by atoms with E-state index < -0.39 is 0 Å². The molecule has 2 nitrogen and oxygen atoms in total. The first kappa shape index (κ1) is 9.03. The fourth-order valence-corrected chi connectivity index (χ4v) is 1.68. The minimum atomic E-state index is 0.109. The SMILES string of the molecule is CNCc1c([O-])ccc2ccccc12. The van der Waals surface area contributed by atoms with Crippen molar-refractivity contribution in [1.82, 2.24) is 5.32 Å². The summed E-state index contributed by atoms with van der Waals surface area (Å²) in [6, 6.07) is 11.5. The second-order valence-corrected chi connectivity index (χ2v) is 3.29. The number of fused-ring (bicyclic) bond motifs is 1. The van der Waals surface area contributed by atoms with E-state index in [-0.39, 0.29) is 5.75 Å². The van der Waals surface area contributed by atoms with Crippen LogP contribution >= 0.6 is 0 Å². The van der Waals surface area contributed by atoms with Crippen LogP contribution in [0.1, 0.15) is 5.56 Å². The Morgan fingerprint density at radius 3 is 2.71 bits per heavy atom. The van der Waals surface area contributed by atoms with Crippen molar-refractivity contribution in [2.45, 2.75) is 6.54 Å². The Kier molecular flexibility index (Phi) is 2.37. The summed E-state index contributed by atoms with van der Waals surface area (Å²) in [4.78, 5) is 0. The van der Waals surface area contributed by atoms with E-state index in [1.807, 2.05) is 37.4 Å². The minimum absolute atomic E-state index is 0.109. The maximum atomic E-state index is 11.6. The molecule has 0 aliphatic heterocycles. The largest absolute Gasteiger partial charge is 0.872 e. The number of hydrogen-bond donors (Lipinski definition) is 1. The van der Waals surface area contributed by atoms with Crippen LogP contribution in [0.4, 0.5) is 0 Å². The van der Waals surface area contributed by atoms with Gasteiger partial charge in [-0.2, -0.15) is 0 Å². The van der Waals surface area contributed by atoms with Crippen LogP contribution in [0.2, 0.25) is 0 Å². The third kappa shape index (κ3) is 1.44. The van der Waals surface area contributed by atoms with E-state index in [2.05, 4.69) is 5.32 Å². The van der Waals surface area contributed by atoms with Crippen LogP contribution in [-0.4, -0.2) is 7.05 Å². The van der Waals surface area contributed by atoms with Crippen LogP contribution in [0.5, 0.6) is 5.75 Å². The van der Waals surface area contributed by atoms with Crippen molar-refractivity contribution in [1.29, 1.82) is 0 Å². The van der Waals surface area contributed by atoms with Crippen molar-refractivity contribution in [2.75, 3.05) is 7.05 Å². The summed E-state index contributed by atoms with van der Waals surface area (Å²) in [7, 11) is 1.85. The normalized spacial score (nSPS) is 10.6. The van der Waals surface area contributed by atoms with Crippen molar-refractivity contribution in [2.24, 2.45) is 0 Å². The van der Waals surface area contributed by atoms with Gasteiger partial charge >= 0.3 is 0 Å². The number of hydrogen-bond acceptors (Lipinski definition) is 2. The number of benzene rings is 2. The van der Waals surface area contributed by atoms with Crippen LogP contribution in [0.3, 0.4) is 0 Å². The molecule has 0 unspecified atom stereocenters. The van der Waals surface area contributed by atoms with Crippen molar-refractivity contribution in [3.8, 4) is 5.75 Å². The van der Waals surface area contributed by atoms with Gasteiger partial charge in [0.15, 0.2) is 0 Å². The van der Waals surface area contributed by atoms with Gasteiger partial charge < -0.3 is 10.4 Å². The Labute approximate surface area is 83.2 Å². The first-order chi connectivity index (χ1) is 6.83. The summed E-state index contributed by atoms with van der Waals surface area (Å²) in [5.41, 5.74) is 0.852. The summed E-state index contributed by atoms with van der Waals surface area (Å²) in [6.07, 6.45) is 0. The molecule has 0 bridgehead atoms. The third-order valence-corrected chi connectivity index (χ3v) is 2.35. The lowest BCUT2D eigenvalue weighted by molar-refractivity contribution is -0.269. The smallest absolute Gasteiger partial charge is 0.0202 e. The molecule has 0 fully saturated rings. The molecular weight excluding hydrogens is 174 g/mol. The summed E-state index contributed by atoms with van der Waals surface area (Å²) >= 11 is 0. The molecular formula is C12H12NO-. The van der Waals surface area contributed by atoms with Gasteiger partial charge in [0.25, 0.3) is 0 Å². The topological polar surface area (TPSA) is 35.1 Å². The third-order valence-electron chi connectivity index (χ3n) is 2.35. The molecule has 14 heavy (non-hydrogen) atoms. The molecule has 0 amide bonds. The van der Waals surface area contributed by atoms with Crippen molar-refractivity contribution in [3.63, 3.8) is 0 Å². The van der Waals surface area contributed by atoms with Gasteiger partial charge in [-0.05, 0) is 23.4 Å². The highest BCUT2D eigenvalue weighted by Gasteiger charge is 1.99. The predicted octanol–water partition coefficient (Wildman–Crippen LogP) is 1.63. The second kappa shape index (κ2) is 3.68. The van der Waals surface area contributed by atoms with E-state index in [9.17, 15) is 5.11 Å². The number of nitrogens with one attached hydrogen (secondary N) is 1. The minimum Gasteiger partial charge on any atom is -0.872 e. The average molecular weight is 186 g/mol.